The van der Waals surface area contributed by atoms with Crippen molar-refractivity contribution < 1.29 is 12.8 Å². The second-order valence-electron chi connectivity index (χ2n) is 4.52. The first-order valence-electron chi connectivity index (χ1n) is 6.01. The highest BCUT2D eigenvalue weighted by Gasteiger charge is 2.17. The van der Waals surface area contributed by atoms with Gasteiger partial charge < -0.3 is 4.42 Å². The van der Waals surface area contributed by atoms with E-state index in [2.05, 4.69) is 4.72 Å². The lowest BCUT2D eigenvalue weighted by atomic mass is 10.3. The molecular formula is C12H16N2O4S. The minimum atomic E-state index is -3.58. The SMILES string of the molecule is CCn1c(=O)oc2cc(S(=O)(=O)NC(C)C)ccc21. The summed E-state index contributed by atoms with van der Waals surface area (Å²) in [5.41, 5.74) is 0.870. The molecule has 0 radical (unpaired) electrons. The molecule has 0 unspecified atom stereocenters. The average Bonchev–Trinajstić information content (AvgIpc) is 2.61. The van der Waals surface area contributed by atoms with E-state index in [1.54, 1.807) is 19.9 Å². The molecule has 1 heterocycles. The Hall–Kier alpha value is -1.60. The van der Waals surface area contributed by atoms with Gasteiger partial charge in [0.1, 0.15) is 0 Å². The van der Waals surface area contributed by atoms with E-state index in [1.165, 1.54) is 16.7 Å². The number of fused-ring (bicyclic) bond motifs is 1. The summed E-state index contributed by atoms with van der Waals surface area (Å²) >= 11 is 0. The summed E-state index contributed by atoms with van der Waals surface area (Å²) in [4.78, 5) is 11.6. The van der Waals surface area contributed by atoms with E-state index in [1.807, 2.05) is 6.92 Å². The summed E-state index contributed by atoms with van der Waals surface area (Å²) in [5, 5.41) is 0. The summed E-state index contributed by atoms with van der Waals surface area (Å²) in [6.45, 7) is 5.77. The molecular weight excluding hydrogens is 268 g/mol. The summed E-state index contributed by atoms with van der Waals surface area (Å²) in [6, 6.07) is 4.22. The fraction of sp³-hybridized carbons (Fsp3) is 0.417. The van der Waals surface area contributed by atoms with Crippen molar-refractivity contribution in [2.75, 3.05) is 0 Å². The molecule has 0 spiro atoms. The third-order valence-corrected chi connectivity index (χ3v) is 4.31. The van der Waals surface area contributed by atoms with Gasteiger partial charge in [-0.1, -0.05) is 0 Å². The third kappa shape index (κ3) is 2.57. The largest absolute Gasteiger partial charge is 0.419 e. The monoisotopic (exact) mass is 284 g/mol. The van der Waals surface area contributed by atoms with Gasteiger partial charge in [-0.3, -0.25) is 4.57 Å². The van der Waals surface area contributed by atoms with Gasteiger partial charge in [0, 0.05) is 18.7 Å². The van der Waals surface area contributed by atoms with E-state index in [0.29, 0.717) is 12.1 Å². The Balaban J connectivity index is 2.57. The van der Waals surface area contributed by atoms with Crippen molar-refractivity contribution in [3.05, 3.63) is 28.7 Å². The van der Waals surface area contributed by atoms with Gasteiger partial charge in [-0.25, -0.2) is 17.9 Å². The maximum absolute atomic E-state index is 12.0. The molecule has 104 valence electrons. The average molecular weight is 284 g/mol. The standard InChI is InChI=1S/C12H16N2O4S/c1-4-14-10-6-5-9(7-11(10)18-12(14)15)19(16,17)13-8(2)3/h5-8,13H,4H2,1-3H3. The normalized spacial score (nSPS) is 12.4. The van der Waals surface area contributed by atoms with Crippen molar-refractivity contribution in [3.8, 4) is 0 Å². The zero-order valence-corrected chi connectivity index (χ0v) is 11.8. The Bertz CT molecular complexity index is 756. The van der Waals surface area contributed by atoms with Crippen molar-refractivity contribution in [1.82, 2.24) is 9.29 Å². The number of nitrogens with one attached hydrogen (secondary N) is 1. The number of oxazole rings is 1. The second kappa shape index (κ2) is 4.82. The first-order chi connectivity index (χ1) is 8.85. The van der Waals surface area contributed by atoms with Crippen LogP contribution in [0.3, 0.4) is 0 Å². The van der Waals surface area contributed by atoms with E-state index in [9.17, 15) is 13.2 Å². The van der Waals surface area contributed by atoms with Crippen LogP contribution in [0.2, 0.25) is 0 Å². The van der Waals surface area contributed by atoms with Crippen LogP contribution in [0, 0.1) is 0 Å². The predicted octanol–water partition coefficient (Wildman–Crippen LogP) is 1.30. The molecule has 0 fully saturated rings. The fourth-order valence-electron chi connectivity index (χ4n) is 1.89. The number of sulfonamides is 1. The maximum atomic E-state index is 12.0. The van der Waals surface area contributed by atoms with Gasteiger partial charge in [-0.05, 0) is 32.9 Å². The quantitative estimate of drug-likeness (QED) is 0.917. The zero-order valence-electron chi connectivity index (χ0n) is 11.0. The van der Waals surface area contributed by atoms with Gasteiger partial charge in [0.05, 0.1) is 10.4 Å². The minimum Gasteiger partial charge on any atom is -0.408 e. The number of hydrogen-bond donors (Lipinski definition) is 1. The fourth-order valence-corrected chi connectivity index (χ4v) is 3.16. The van der Waals surface area contributed by atoms with Crippen LogP contribution in [0.5, 0.6) is 0 Å². The smallest absolute Gasteiger partial charge is 0.408 e. The lowest BCUT2D eigenvalue weighted by Crippen LogP contribution is -2.30. The highest BCUT2D eigenvalue weighted by Crippen LogP contribution is 2.18. The van der Waals surface area contributed by atoms with E-state index < -0.39 is 15.8 Å². The zero-order chi connectivity index (χ0) is 14.2. The molecule has 0 aliphatic rings. The second-order valence-corrected chi connectivity index (χ2v) is 6.23. The number of rotatable bonds is 4. The van der Waals surface area contributed by atoms with Crippen LogP contribution >= 0.6 is 0 Å². The van der Waals surface area contributed by atoms with Gasteiger partial charge >= 0.3 is 5.76 Å². The molecule has 0 saturated carbocycles. The van der Waals surface area contributed by atoms with Gasteiger partial charge in [-0.2, -0.15) is 0 Å². The molecule has 0 saturated heterocycles. The highest BCUT2D eigenvalue weighted by molar-refractivity contribution is 7.89. The third-order valence-electron chi connectivity index (χ3n) is 2.66. The van der Waals surface area contributed by atoms with Crippen LogP contribution in [0.1, 0.15) is 20.8 Å². The molecule has 1 aromatic heterocycles. The van der Waals surface area contributed by atoms with Crippen LogP contribution in [0.25, 0.3) is 11.1 Å². The van der Waals surface area contributed by atoms with Crippen LogP contribution in [-0.2, 0) is 16.6 Å². The molecule has 2 rings (SSSR count). The molecule has 0 bridgehead atoms. The molecule has 1 N–H and O–H groups in total. The molecule has 7 heteroatoms. The lowest BCUT2D eigenvalue weighted by Gasteiger charge is -2.09. The number of aromatic nitrogens is 1. The number of aryl methyl sites for hydroxylation is 1. The van der Waals surface area contributed by atoms with Crippen molar-refractivity contribution in [2.24, 2.45) is 0 Å². The summed E-state index contributed by atoms with van der Waals surface area (Å²) in [6.07, 6.45) is 0. The van der Waals surface area contributed by atoms with Crippen molar-refractivity contribution in [1.29, 1.82) is 0 Å². The Morgan fingerprint density at radius 2 is 2.05 bits per heavy atom. The molecule has 0 amide bonds. The number of benzene rings is 1. The summed E-state index contributed by atoms with van der Waals surface area (Å²) < 4.78 is 33.0. The predicted molar refractivity (Wildman–Crippen MR) is 71.6 cm³/mol. The lowest BCUT2D eigenvalue weighted by molar-refractivity contribution is 0.512. The Morgan fingerprint density at radius 1 is 1.37 bits per heavy atom. The Labute approximate surface area is 111 Å². The summed E-state index contributed by atoms with van der Waals surface area (Å²) in [5.74, 6) is -0.483. The van der Waals surface area contributed by atoms with Crippen molar-refractivity contribution in [2.45, 2.75) is 38.3 Å². The molecule has 0 aliphatic carbocycles. The Morgan fingerprint density at radius 3 is 2.63 bits per heavy atom. The molecule has 0 aliphatic heterocycles. The van der Waals surface area contributed by atoms with Crippen LogP contribution in [0.4, 0.5) is 0 Å². The van der Waals surface area contributed by atoms with E-state index in [-0.39, 0.29) is 16.5 Å². The van der Waals surface area contributed by atoms with Gasteiger partial charge in [0.2, 0.25) is 10.0 Å². The van der Waals surface area contributed by atoms with Crippen LogP contribution in [0.15, 0.2) is 32.3 Å². The Kier molecular flexibility index (Phi) is 3.51. The van der Waals surface area contributed by atoms with Gasteiger partial charge in [0.15, 0.2) is 5.58 Å². The topological polar surface area (TPSA) is 81.3 Å². The molecule has 2 aromatic rings. The molecule has 0 atom stereocenters. The van der Waals surface area contributed by atoms with E-state index in [0.717, 1.165) is 0 Å². The van der Waals surface area contributed by atoms with Crippen molar-refractivity contribution >= 4 is 21.1 Å². The molecule has 1 aromatic carbocycles. The minimum absolute atomic E-state index is 0.0886. The van der Waals surface area contributed by atoms with Gasteiger partial charge in [0.25, 0.3) is 0 Å². The van der Waals surface area contributed by atoms with Crippen molar-refractivity contribution in [3.63, 3.8) is 0 Å². The van der Waals surface area contributed by atoms with Gasteiger partial charge in [-0.15, -0.1) is 0 Å². The molecule has 19 heavy (non-hydrogen) atoms. The first-order valence-corrected chi connectivity index (χ1v) is 7.49. The van der Waals surface area contributed by atoms with Crippen LogP contribution < -0.4 is 10.5 Å². The van der Waals surface area contributed by atoms with E-state index >= 15 is 0 Å². The first kappa shape index (κ1) is 13.8. The maximum Gasteiger partial charge on any atom is 0.419 e. The highest BCUT2D eigenvalue weighted by atomic mass is 32.2. The van der Waals surface area contributed by atoms with E-state index in [4.69, 9.17) is 4.42 Å². The van der Waals surface area contributed by atoms with Crippen LogP contribution in [-0.4, -0.2) is 19.0 Å². The number of nitrogens with zero attached hydrogens (tertiary/aromatic N) is 1. The molecule has 6 nitrogen and oxygen atoms in total. The summed E-state index contributed by atoms with van der Waals surface area (Å²) in [7, 11) is -3.58. The number of hydrogen-bond acceptors (Lipinski definition) is 4.